The van der Waals surface area contributed by atoms with Crippen molar-refractivity contribution >= 4 is 17.5 Å². The van der Waals surface area contributed by atoms with Crippen LogP contribution in [0.25, 0.3) is 5.69 Å². The Balaban J connectivity index is 1.71. The molecule has 0 N–H and O–H groups in total. The van der Waals surface area contributed by atoms with Gasteiger partial charge in [-0.15, -0.1) is 5.10 Å². The molecule has 132 valence electrons. The zero-order chi connectivity index (χ0) is 18.5. The molecule has 4 aromatic rings. The minimum absolute atomic E-state index is 0.0226. The van der Waals surface area contributed by atoms with Gasteiger partial charge in [0.05, 0.1) is 5.69 Å². The van der Waals surface area contributed by atoms with Crippen molar-refractivity contribution in [1.29, 1.82) is 0 Å². The van der Waals surface area contributed by atoms with E-state index in [0.29, 0.717) is 10.7 Å². The molecular formula is C21H16N4OS. The van der Waals surface area contributed by atoms with E-state index in [1.807, 2.05) is 91.0 Å². The molecule has 0 bridgehead atoms. The number of Topliss-reactive ketones (excluding diaryl/α,β-unsaturated/α-hetero) is 1. The van der Waals surface area contributed by atoms with Crippen molar-refractivity contribution in [1.82, 2.24) is 20.2 Å². The highest BCUT2D eigenvalue weighted by atomic mass is 32.2. The number of hydrogen-bond acceptors (Lipinski definition) is 5. The van der Waals surface area contributed by atoms with Crippen molar-refractivity contribution in [3.63, 3.8) is 0 Å². The Morgan fingerprint density at radius 1 is 0.815 bits per heavy atom. The number of nitrogens with zero attached hydrogens (tertiary/aromatic N) is 4. The number of tetrazole rings is 1. The van der Waals surface area contributed by atoms with Gasteiger partial charge in [0.2, 0.25) is 5.16 Å². The lowest BCUT2D eigenvalue weighted by Gasteiger charge is -2.15. The van der Waals surface area contributed by atoms with Gasteiger partial charge >= 0.3 is 0 Å². The fourth-order valence-corrected chi connectivity index (χ4v) is 3.82. The maximum absolute atomic E-state index is 13.2. The van der Waals surface area contributed by atoms with Crippen LogP contribution in [0.15, 0.2) is 96.2 Å². The Morgan fingerprint density at radius 2 is 1.41 bits per heavy atom. The average molecular weight is 372 g/mol. The van der Waals surface area contributed by atoms with Crippen LogP contribution in [-0.4, -0.2) is 26.0 Å². The van der Waals surface area contributed by atoms with Crippen LogP contribution < -0.4 is 0 Å². The second-order valence-corrected chi connectivity index (χ2v) is 6.92. The van der Waals surface area contributed by atoms with Gasteiger partial charge < -0.3 is 0 Å². The Bertz CT molecular complexity index is 1020. The Kier molecular flexibility index (Phi) is 5.07. The summed E-state index contributed by atoms with van der Waals surface area (Å²) in [5, 5.41) is 12.2. The molecule has 1 atom stereocenters. The molecule has 5 nitrogen and oxygen atoms in total. The molecule has 0 saturated heterocycles. The molecule has 0 fully saturated rings. The van der Waals surface area contributed by atoms with Gasteiger partial charge in [0.1, 0.15) is 5.25 Å². The van der Waals surface area contributed by atoms with Crippen LogP contribution >= 0.6 is 11.8 Å². The van der Waals surface area contributed by atoms with Gasteiger partial charge in [-0.25, -0.2) is 0 Å². The van der Waals surface area contributed by atoms with Crippen LogP contribution in [0.4, 0.5) is 0 Å². The maximum atomic E-state index is 13.2. The topological polar surface area (TPSA) is 60.7 Å². The fourth-order valence-electron chi connectivity index (χ4n) is 2.74. The highest BCUT2D eigenvalue weighted by Gasteiger charge is 2.26. The standard InChI is InChI=1S/C21H16N4OS/c26-19(16-10-4-1-5-11-16)20(17-12-6-2-7-13-17)27-21-22-23-24-25(21)18-14-8-3-9-15-18/h1-15,20H/t20-/m1/s1. The third-order valence-electron chi connectivity index (χ3n) is 4.06. The molecule has 0 saturated carbocycles. The minimum atomic E-state index is -0.443. The predicted molar refractivity (Wildman–Crippen MR) is 105 cm³/mol. The molecule has 3 aromatic carbocycles. The van der Waals surface area contributed by atoms with E-state index in [-0.39, 0.29) is 5.78 Å². The van der Waals surface area contributed by atoms with Gasteiger partial charge in [0, 0.05) is 5.56 Å². The van der Waals surface area contributed by atoms with E-state index < -0.39 is 5.25 Å². The van der Waals surface area contributed by atoms with Crippen molar-refractivity contribution < 1.29 is 4.79 Å². The summed E-state index contributed by atoms with van der Waals surface area (Å²) in [6.07, 6.45) is 0. The van der Waals surface area contributed by atoms with Crippen LogP contribution in [0.5, 0.6) is 0 Å². The molecular weight excluding hydrogens is 356 g/mol. The molecule has 0 aliphatic carbocycles. The third kappa shape index (κ3) is 3.80. The van der Waals surface area contributed by atoms with Gasteiger partial charge in [-0.2, -0.15) is 4.68 Å². The normalized spacial score (nSPS) is 11.9. The number of aromatic nitrogens is 4. The monoisotopic (exact) mass is 372 g/mol. The van der Waals surface area contributed by atoms with Crippen molar-refractivity contribution in [3.8, 4) is 5.69 Å². The first-order valence-electron chi connectivity index (χ1n) is 8.47. The number of ketones is 1. The zero-order valence-electron chi connectivity index (χ0n) is 14.3. The second-order valence-electron chi connectivity index (χ2n) is 5.85. The van der Waals surface area contributed by atoms with E-state index in [2.05, 4.69) is 15.5 Å². The van der Waals surface area contributed by atoms with Crippen molar-refractivity contribution in [2.75, 3.05) is 0 Å². The first kappa shape index (κ1) is 17.2. The van der Waals surface area contributed by atoms with Crippen LogP contribution in [-0.2, 0) is 0 Å². The largest absolute Gasteiger partial charge is 0.293 e. The lowest BCUT2D eigenvalue weighted by Crippen LogP contribution is -2.11. The lowest BCUT2D eigenvalue weighted by atomic mass is 10.0. The number of thioether (sulfide) groups is 1. The second kappa shape index (κ2) is 7.97. The van der Waals surface area contributed by atoms with Gasteiger partial charge in [-0.05, 0) is 28.1 Å². The molecule has 6 heteroatoms. The van der Waals surface area contributed by atoms with Crippen molar-refractivity contribution in [2.45, 2.75) is 10.4 Å². The highest BCUT2D eigenvalue weighted by Crippen LogP contribution is 2.37. The van der Waals surface area contributed by atoms with Gasteiger partial charge in [-0.1, -0.05) is 90.6 Å². The fraction of sp³-hybridized carbons (Fsp3) is 0.0476. The van der Waals surface area contributed by atoms with E-state index in [1.54, 1.807) is 4.68 Å². The Morgan fingerprint density at radius 3 is 2.07 bits per heavy atom. The van der Waals surface area contributed by atoms with E-state index in [1.165, 1.54) is 11.8 Å². The summed E-state index contributed by atoms with van der Waals surface area (Å²) in [7, 11) is 0. The van der Waals surface area contributed by atoms with Gasteiger partial charge in [0.15, 0.2) is 5.78 Å². The van der Waals surface area contributed by atoms with Crippen molar-refractivity contribution in [2.24, 2.45) is 0 Å². The first-order chi connectivity index (χ1) is 13.3. The van der Waals surface area contributed by atoms with E-state index >= 15 is 0 Å². The molecule has 1 heterocycles. The average Bonchev–Trinajstić information content (AvgIpc) is 3.22. The number of benzene rings is 3. The number of rotatable bonds is 6. The van der Waals surface area contributed by atoms with Crippen LogP contribution in [0.1, 0.15) is 21.2 Å². The smallest absolute Gasteiger partial charge is 0.215 e. The summed E-state index contributed by atoms with van der Waals surface area (Å²) in [6, 6.07) is 28.7. The summed E-state index contributed by atoms with van der Waals surface area (Å²) in [6.45, 7) is 0. The zero-order valence-corrected chi connectivity index (χ0v) is 15.2. The molecule has 0 spiro atoms. The predicted octanol–water partition coefficient (Wildman–Crippen LogP) is 4.38. The van der Waals surface area contributed by atoms with E-state index in [9.17, 15) is 4.79 Å². The third-order valence-corrected chi connectivity index (χ3v) is 5.25. The molecule has 0 aliphatic rings. The minimum Gasteiger partial charge on any atom is -0.293 e. The highest BCUT2D eigenvalue weighted by molar-refractivity contribution is 8.00. The molecule has 27 heavy (non-hydrogen) atoms. The summed E-state index contributed by atoms with van der Waals surface area (Å²) in [4.78, 5) is 13.2. The summed E-state index contributed by atoms with van der Waals surface area (Å²) in [5.41, 5.74) is 2.43. The van der Waals surface area contributed by atoms with Crippen LogP contribution in [0, 0.1) is 0 Å². The molecule has 4 rings (SSSR count). The SMILES string of the molecule is O=C(c1ccccc1)[C@H](Sc1nnnn1-c1ccccc1)c1ccccc1. The number of carbonyl (C=O) groups is 1. The van der Waals surface area contributed by atoms with Crippen LogP contribution in [0.3, 0.4) is 0 Å². The van der Waals surface area contributed by atoms with Gasteiger partial charge in [-0.3, -0.25) is 4.79 Å². The van der Waals surface area contributed by atoms with Crippen LogP contribution in [0.2, 0.25) is 0 Å². The first-order valence-corrected chi connectivity index (χ1v) is 9.35. The Hall–Kier alpha value is -3.25. The number of hydrogen-bond donors (Lipinski definition) is 0. The summed E-state index contributed by atoms with van der Waals surface area (Å²) in [5.74, 6) is 0.0226. The summed E-state index contributed by atoms with van der Waals surface area (Å²) >= 11 is 1.35. The molecule has 0 unspecified atom stereocenters. The molecule has 0 amide bonds. The number of para-hydroxylation sites is 1. The quantitative estimate of drug-likeness (QED) is 0.371. The van der Waals surface area contributed by atoms with Gasteiger partial charge in [0.25, 0.3) is 0 Å². The van der Waals surface area contributed by atoms with E-state index in [4.69, 9.17) is 0 Å². The Labute approximate surface area is 161 Å². The molecule has 1 aromatic heterocycles. The lowest BCUT2D eigenvalue weighted by molar-refractivity contribution is 0.0989. The maximum Gasteiger partial charge on any atom is 0.215 e. The van der Waals surface area contributed by atoms with Crippen molar-refractivity contribution in [3.05, 3.63) is 102 Å². The molecule has 0 aliphatic heterocycles. The summed E-state index contributed by atoms with van der Waals surface area (Å²) < 4.78 is 1.65. The van der Waals surface area contributed by atoms with E-state index in [0.717, 1.165) is 11.3 Å². The molecule has 0 radical (unpaired) electrons. The number of carbonyl (C=O) groups excluding carboxylic acids is 1.